The van der Waals surface area contributed by atoms with E-state index in [1.54, 1.807) is 30.7 Å². The van der Waals surface area contributed by atoms with Crippen LogP contribution in [0.2, 0.25) is 0 Å². The molecule has 2 heterocycles. The van der Waals surface area contributed by atoms with Gasteiger partial charge in [0.25, 0.3) is 0 Å². The lowest BCUT2D eigenvalue weighted by atomic mass is 10.1. The van der Waals surface area contributed by atoms with Crippen LogP contribution in [0.5, 0.6) is 11.5 Å². The molecule has 4 rings (SSSR count). The predicted octanol–water partition coefficient (Wildman–Crippen LogP) is 4.16. The molecule has 0 saturated heterocycles. The summed E-state index contributed by atoms with van der Waals surface area (Å²) in [4.78, 5) is 14.6. The van der Waals surface area contributed by atoms with E-state index in [2.05, 4.69) is 25.3 Å². The third-order valence-corrected chi connectivity index (χ3v) is 5.43. The molecule has 0 unspecified atom stereocenters. The number of hydrogen-bond acceptors (Lipinski definition) is 9. The molecule has 12 heteroatoms. The highest BCUT2D eigenvalue weighted by Gasteiger charge is 2.16. The largest absolute Gasteiger partial charge is 0.490 e. The summed E-state index contributed by atoms with van der Waals surface area (Å²) in [7, 11) is 7.85. The van der Waals surface area contributed by atoms with Gasteiger partial charge in [-0.2, -0.15) is 10.2 Å². The van der Waals surface area contributed by atoms with E-state index in [0.29, 0.717) is 25.4 Å². The van der Waals surface area contributed by atoms with E-state index in [0.717, 1.165) is 34.5 Å². The molecule has 210 valence electrons. The number of nitro groups is 1. The van der Waals surface area contributed by atoms with Gasteiger partial charge in [-0.25, -0.2) is 0 Å². The molecule has 0 aliphatic carbocycles. The molecule has 0 atom stereocenters. The van der Waals surface area contributed by atoms with Crippen molar-refractivity contribution in [2.24, 2.45) is 0 Å². The number of nitrogens with two attached hydrogens (primary N) is 1. The second-order valence-electron chi connectivity index (χ2n) is 8.97. The molecule has 0 bridgehead atoms. The van der Waals surface area contributed by atoms with Crippen LogP contribution in [0, 0.1) is 10.1 Å². The Kier molecular flexibility index (Phi) is 11.9. The number of likely N-dealkylation sites (N-methyl/N-ethyl adjacent to an activating group) is 2. The normalized spacial score (nSPS) is 10.5. The van der Waals surface area contributed by atoms with Crippen molar-refractivity contribution in [3.63, 3.8) is 0 Å². The molecule has 0 aliphatic heterocycles. The summed E-state index contributed by atoms with van der Waals surface area (Å²) in [6, 6.07) is 10.6. The van der Waals surface area contributed by atoms with Crippen LogP contribution in [0.25, 0.3) is 22.3 Å². The zero-order valence-electron chi connectivity index (χ0n) is 22.0. The molecule has 0 spiro atoms. The lowest BCUT2D eigenvalue weighted by Crippen LogP contribution is -2.19. The average Bonchev–Trinajstić information content (AvgIpc) is 3.60. The van der Waals surface area contributed by atoms with Gasteiger partial charge in [-0.3, -0.25) is 20.3 Å². The Labute approximate surface area is 228 Å². The smallest absolute Gasteiger partial charge is 0.310 e. The van der Waals surface area contributed by atoms with Crippen LogP contribution in [0.1, 0.15) is 7.43 Å². The average molecular weight is 539 g/mol. The van der Waals surface area contributed by atoms with Crippen LogP contribution in [0.15, 0.2) is 61.2 Å². The summed E-state index contributed by atoms with van der Waals surface area (Å²) in [5, 5.41) is 24.3. The van der Waals surface area contributed by atoms with Gasteiger partial charge in [0.2, 0.25) is 0 Å². The first-order chi connectivity index (χ1) is 18.2. The Morgan fingerprint density at radius 1 is 0.821 bits per heavy atom. The summed E-state index contributed by atoms with van der Waals surface area (Å²) in [6.07, 6.45) is 7.00. The topological polar surface area (TPSA) is 151 Å². The third-order valence-electron chi connectivity index (χ3n) is 5.43. The molecule has 0 saturated carbocycles. The quantitative estimate of drug-likeness (QED) is 0.145. The number of ether oxygens (including phenoxy) is 2. The number of nitrogens with one attached hydrogen (secondary N) is 2. The van der Waals surface area contributed by atoms with Crippen LogP contribution in [0.4, 0.5) is 11.4 Å². The van der Waals surface area contributed by atoms with Gasteiger partial charge < -0.3 is 25.0 Å². The van der Waals surface area contributed by atoms with Crippen molar-refractivity contribution in [3.05, 3.63) is 71.3 Å². The number of nitrogens with zero attached hydrogens (tertiary/aromatic N) is 5. The highest BCUT2D eigenvalue weighted by atomic mass is 16.6. The molecule has 12 nitrogen and oxygen atoms in total. The molecule has 0 amide bonds. The predicted molar refractivity (Wildman–Crippen MR) is 154 cm³/mol. The molecule has 4 aromatic rings. The monoisotopic (exact) mass is 538 g/mol. The molecule has 0 fully saturated rings. The van der Waals surface area contributed by atoms with Crippen molar-refractivity contribution in [2.75, 3.05) is 60.2 Å². The Bertz CT molecular complexity index is 1280. The Morgan fingerprint density at radius 2 is 1.31 bits per heavy atom. The molecule has 39 heavy (non-hydrogen) atoms. The summed E-state index contributed by atoms with van der Waals surface area (Å²) in [6.45, 7) is 2.55. The molecule has 0 radical (unpaired) electrons. The van der Waals surface area contributed by atoms with Crippen molar-refractivity contribution in [3.8, 4) is 33.8 Å². The summed E-state index contributed by atoms with van der Waals surface area (Å²) in [5.41, 5.74) is 10.3. The number of benzene rings is 2. The number of H-pyrrole nitrogens is 2. The fraction of sp³-hybridized carbons (Fsp3) is 0.333. The number of nitro benzene ring substituents is 1. The van der Waals surface area contributed by atoms with Gasteiger partial charge in [0.1, 0.15) is 19.0 Å². The first kappa shape index (κ1) is 30.8. The summed E-state index contributed by atoms with van der Waals surface area (Å²) < 4.78 is 11.2. The van der Waals surface area contributed by atoms with Crippen LogP contribution >= 0.6 is 0 Å². The maximum Gasteiger partial charge on any atom is 0.310 e. The van der Waals surface area contributed by atoms with E-state index in [4.69, 9.17) is 15.2 Å². The lowest BCUT2D eigenvalue weighted by molar-refractivity contribution is -0.385. The van der Waals surface area contributed by atoms with Crippen molar-refractivity contribution < 1.29 is 14.4 Å². The van der Waals surface area contributed by atoms with Gasteiger partial charge in [-0.05, 0) is 63.6 Å². The zero-order valence-corrected chi connectivity index (χ0v) is 22.0. The first-order valence-electron chi connectivity index (χ1n) is 12.0. The van der Waals surface area contributed by atoms with Crippen molar-refractivity contribution in [1.82, 2.24) is 30.2 Å². The van der Waals surface area contributed by atoms with Gasteiger partial charge in [-0.1, -0.05) is 13.5 Å². The van der Waals surface area contributed by atoms with Gasteiger partial charge >= 0.3 is 5.69 Å². The van der Waals surface area contributed by atoms with Crippen molar-refractivity contribution in [2.45, 2.75) is 7.43 Å². The minimum absolute atomic E-state index is 0. The van der Waals surface area contributed by atoms with E-state index in [1.165, 1.54) is 6.07 Å². The molecule has 4 N–H and O–H groups in total. The highest BCUT2D eigenvalue weighted by molar-refractivity contribution is 5.69. The maximum atomic E-state index is 11.0. The van der Waals surface area contributed by atoms with E-state index in [1.807, 2.05) is 57.5 Å². The van der Waals surface area contributed by atoms with E-state index in [9.17, 15) is 10.1 Å². The lowest BCUT2D eigenvalue weighted by Gasteiger charge is -2.13. The van der Waals surface area contributed by atoms with Gasteiger partial charge in [0.05, 0.1) is 23.0 Å². The molecule has 2 aromatic carbocycles. The van der Waals surface area contributed by atoms with E-state index >= 15 is 0 Å². The van der Waals surface area contributed by atoms with Crippen LogP contribution in [-0.4, -0.2) is 89.6 Å². The standard InChI is InChI=1S/C13H16N4O3.C13H18N4O.CH4/c1-16(2)5-6-20-13-7-10(11-8-14-15-9-11)3-4-12(13)17(18)19;1-17(2)5-6-18-13-7-10(3-4-12(13)14)11-8-15-16-9-11;/h3-4,7-9H,5-6H2,1-2H3,(H,14,15);3-4,7-9H,5-6,14H2,1-2H3,(H,15,16);1H4. The van der Waals surface area contributed by atoms with Crippen molar-refractivity contribution in [1.29, 1.82) is 0 Å². The van der Waals surface area contributed by atoms with Crippen LogP contribution in [-0.2, 0) is 0 Å². The second kappa shape index (κ2) is 15.1. The minimum Gasteiger partial charge on any atom is -0.490 e. The van der Waals surface area contributed by atoms with Crippen LogP contribution in [0.3, 0.4) is 0 Å². The fourth-order valence-corrected chi connectivity index (χ4v) is 3.29. The molecular formula is C27H38N8O4. The van der Waals surface area contributed by atoms with E-state index < -0.39 is 4.92 Å². The third kappa shape index (κ3) is 9.43. The highest BCUT2D eigenvalue weighted by Crippen LogP contribution is 2.32. The Hall–Kier alpha value is -4.42. The summed E-state index contributed by atoms with van der Waals surface area (Å²) in [5.74, 6) is 0.992. The fourth-order valence-electron chi connectivity index (χ4n) is 3.29. The van der Waals surface area contributed by atoms with Gasteiger partial charge in [-0.15, -0.1) is 0 Å². The van der Waals surface area contributed by atoms with Crippen molar-refractivity contribution >= 4 is 11.4 Å². The molecule has 0 aliphatic rings. The SMILES string of the molecule is C.CN(C)CCOc1cc(-c2cn[nH]c2)ccc1N.CN(C)CCOc1cc(-c2cn[nH]c2)ccc1[N+](=O)[O-]. The number of anilines is 1. The number of aromatic amines is 2. The number of rotatable bonds is 11. The number of nitrogen functional groups attached to an aromatic ring is 1. The number of aromatic nitrogens is 4. The summed E-state index contributed by atoms with van der Waals surface area (Å²) >= 11 is 0. The Balaban J connectivity index is 0.000000268. The number of hydrogen-bond donors (Lipinski definition) is 3. The minimum atomic E-state index is -0.440. The maximum absolute atomic E-state index is 11.0. The van der Waals surface area contributed by atoms with Gasteiger partial charge in [0.15, 0.2) is 5.75 Å². The molecule has 2 aromatic heterocycles. The first-order valence-corrected chi connectivity index (χ1v) is 12.0. The second-order valence-corrected chi connectivity index (χ2v) is 8.97. The van der Waals surface area contributed by atoms with Crippen LogP contribution < -0.4 is 15.2 Å². The van der Waals surface area contributed by atoms with Gasteiger partial charge in [0, 0.05) is 42.7 Å². The zero-order chi connectivity index (χ0) is 27.5. The molecular weight excluding hydrogens is 500 g/mol. The van der Waals surface area contributed by atoms with E-state index in [-0.39, 0.29) is 18.9 Å². The Morgan fingerprint density at radius 3 is 1.77 bits per heavy atom.